The molecule has 0 saturated carbocycles. The molecule has 0 aromatic heterocycles. The van der Waals surface area contributed by atoms with Crippen LogP contribution in [0.3, 0.4) is 0 Å². The van der Waals surface area contributed by atoms with Gasteiger partial charge in [-0.05, 0) is 85.6 Å². The largest absolute Gasteiger partial charge is 0.299 e. The summed E-state index contributed by atoms with van der Waals surface area (Å²) in [6.45, 7) is 21.8. The highest BCUT2D eigenvalue weighted by Crippen LogP contribution is 2.42. The fraction of sp³-hybridized carbons (Fsp3) is 0.425. The highest BCUT2D eigenvalue weighted by Gasteiger charge is 2.34. The molecule has 1 unspecified atom stereocenters. The number of hydrogen-bond donors (Lipinski definition) is 0. The first-order chi connectivity index (χ1) is 19.2. The number of allylic oxidation sites excluding steroid dienone is 22. The summed E-state index contributed by atoms with van der Waals surface area (Å²) in [6.07, 6.45) is 36.5. The molecule has 0 heterocycles. The van der Waals surface area contributed by atoms with E-state index in [-0.39, 0.29) is 5.41 Å². The third-order valence-electron chi connectivity index (χ3n) is 8.48. The highest BCUT2D eigenvalue weighted by molar-refractivity contribution is 5.89. The van der Waals surface area contributed by atoms with Crippen molar-refractivity contribution < 1.29 is 4.79 Å². The molecule has 1 heteroatoms. The van der Waals surface area contributed by atoms with E-state index in [9.17, 15) is 4.79 Å². The molecule has 220 valence electrons. The molecule has 0 fully saturated rings. The summed E-state index contributed by atoms with van der Waals surface area (Å²) in [5.74, 6) is 0.855. The lowest BCUT2D eigenvalue weighted by molar-refractivity contribution is -0.125. The molecular weight excluding hydrogens is 496 g/mol. The second-order valence-electron chi connectivity index (χ2n) is 13.1. The Morgan fingerprint density at radius 2 is 1.24 bits per heavy atom. The van der Waals surface area contributed by atoms with Gasteiger partial charge in [0.15, 0.2) is 0 Å². The number of hydrogen-bond acceptors (Lipinski definition) is 1. The summed E-state index contributed by atoms with van der Waals surface area (Å²) >= 11 is 0. The molecule has 2 rings (SSSR count). The Balaban J connectivity index is 1.89. The van der Waals surface area contributed by atoms with Crippen LogP contribution in [0.25, 0.3) is 0 Å². The Morgan fingerprint density at radius 1 is 0.732 bits per heavy atom. The molecule has 0 aromatic rings. The van der Waals surface area contributed by atoms with Crippen LogP contribution in [0.1, 0.15) is 94.9 Å². The van der Waals surface area contributed by atoms with Gasteiger partial charge >= 0.3 is 0 Å². The molecular formula is C40H54O. The Bertz CT molecular complexity index is 1280. The normalized spacial score (nSPS) is 23.3. The second-order valence-corrected chi connectivity index (χ2v) is 13.1. The minimum atomic E-state index is -0.390. The maximum Gasteiger partial charge on any atom is 0.143 e. The summed E-state index contributed by atoms with van der Waals surface area (Å²) in [5, 5.41) is 0. The Morgan fingerprint density at radius 3 is 1.80 bits per heavy atom. The first-order valence-electron chi connectivity index (χ1n) is 15.2. The van der Waals surface area contributed by atoms with E-state index in [2.05, 4.69) is 147 Å². The van der Waals surface area contributed by atoms with Crippen molar-refractivity contribution in [1.29, 1.82) is 0 Å². The van der Waals surface area contributed by atoms with Gasteiger partial charge in [-0.25, -0.2) is 0 Å². The number of carbonyl (C=O) groups is 1. The molecule has 0 amide bonds. The maximum atomic E-state index is 12.4. The highest BCUT2D eigenvalue weighted by atomic mass is 16.1. The van der Waals surface area contributed by atoms with Gasteiger partial charge in [-0.3, -0.25) is 4.79 Å². The maximum absolute atomic E-state index is 12.4. The molecule has 0 radical (unpaired) electrons. The first-order valence-corrected chi connectivity index (χ1v) is 15.2. The van der Waals surface area contributed by atoms with E-state index in [0.29, 0.717) is 23.5 Å². The monoisotopic (exact) mass is 550 g/mol. The SMILES string of the molecule is CC(C=CC=C(C)C=CC1=C(C)CCC(=O)C1(C)C)=CC=CC=C(C)C=CC=C(C)C=CC1C(C)=CCCC1(C)C. The molecule has 0 aliphatic heterocycles. The summed E-state index contributed by atoms with van der Waals surface area (Å²) in [5.41, 5.74) is 8.75. The number of rotatable bonds is 10. The molecule has 1 nitrogen and oxygen atoms in total. The second kappa shape index (κ2) is 15.7. The lowest BCUT2D eigenvalue weighted by Crippen LogP contribution is -2.30. The lowest BCUT2D eigenvalue weighted by atomic mass is 9.68. The standard InChI is InChI=1S/C40H54O/c1-30(18-13-20-32(3)23-26-36-34(5)22-15-29-39(36,7)8)16-11-12-17-31(2)19-14-21-33(4)24-27-37-35(6)25-28-38(41)40(37,9)10/h11-14,16-24,26-27,36H,15,25,28-29H2,1-10H3. The molecule has 41 heavy (non-hydrogen) atoms. The van der Waals surface area contributed by atoms with Gasteiger partial charge < -0.3 is 0 Å². The number of carbonyl (C=O) groups excluding carboxylic acids is 1. The lowest BCUT2D eigenvalue weighted by Gasteiger charge is -2.36. The van der Waals surface area contributed by atoms with Crippen molar-refractivity contribution >= 4 is 5.78 Å². The van der Waals surface area contributed by atoms with Crippen molar-refractivity contribution in [2.45, 2.75) is 94.9 Å². The van der Waals surface area contributed by atoms with Gasteiger partial charge in [0.2, 0.25) is 0 Å². The third kappa shape index (κ3) is 11.0. The Labute approximate surface area is 252 Å². The molecule has 0 bridgehead atoms. The first kappa shape index (κ1) is 34.0. The van der Waals surface area contributed by atoms with Crippen molar-refractivity contribution in [3.05, 3.63) is 130 Å². The quantitative estimate of drug-likeness (QED) is 0.195. The fourth-order valence-electron chi connectivity index (χ4n) is 5.57. The van der Waals surface area contributed by atoms with Crippen LogP contribution in [-0.2, 0) is 4.79 Å². The van der Waals surface area contributed by atoms with Crippen molar-refractivity contribution in [1.82, 2.24) is 0 Å². The zero-order valence-corrected chi connectivity index (χ0v) is 27.5. The third-order valence-corrected chi connectivity index (χ3v) is 8.48. The van der Waals surface area contributed by atoms with Crippen LogP contribution < -0.4 is 0 Å². The zero-order chi connectivity index (χ0) is 30.6. The summed E-state index contributed by atoms with van der Waals surface area (Å²) in [7, 11) is 0. The molecule has 0 spiro atoms. The van der Waals surface area contributed by atoms with Gasteiger partial charge in [-0.2, -0.15) is 0 Å². The van der Waals surface area contributed by atoms with Crippen molar-refractivity contribution in [3.63, 3.8) is 0 Å². The van der Waals surface area contributed by atoms with E-state index in [1.807, 2.05) is 13.8 Å². The van der Waals surface area contributed by atoms with Gasteiger partial charge in [0.05, 0.1) is 0 Å². The van der Waals surface area contributed by atoms with Crippen LogP contribution in [0.15, 0.2) is 130 Å². The van der Waals surface area contributed by atoms with Crippen molar-refractivity contribution in [3.8, 4) is 0 Å². The van der Waals surface area contributed by atoms with Crippen molar-refractivity contribution in [2.24, 2.45) is 16.7 Å². The van der Waals surface area contributed by atoms with Crippen LogP contribution in [0.4, 0.5) is 0 Å². The van der Waals surface area contributed by atoms with Crippen LogP contribution in [0.5, 0.6) is 0 Å². The summed E-state index contributed by atoms with van der Waals surface area (Å²) in [4.78, 5) is 12.4. The van der Waals surface area contributed by atoms with Crippen LogP contribution in [0, 0.1) is 16.7 Å². The fourth-order valence-corrected chi connectivity index (χ4v) is 5.57. The van der Waals surface area contributed by atoms with E-state index in [1.165, 1.54) is 46.3 Å². The Kier molecular flexibility index (Phi) is 13.0. The summed E-state index contributed by atoms with van der Waals surface area (Å²) in [6, 6.07) is 0. The minimum absolute atomic E-state index is 0.333. The van der Waals surface area contributed by atoms with Crippen LogP contribution >= 0.6 is 0 Å². The smallest absolute Gasteiger partial charge is 0.143 e. The average Bonchev–Trinajstić information content (AvgIpc) is 2.88. The zero-order valence-electron chi connectivity index (χ0n) is 27.5. The molecule has 1 atom stereocenters. The van der Waals surface area contributed by atoms with Gasteiger partial charge in [-0.15, -0.1) is 0 Å². The van der Waals surface area contributed by atoms with Gasteiger partial charge in [0.25, 0.3) is 0 Å². The molecule has 0 saturated heterocycles. The van der Waals surface area contributed by atoms with E-state index in [4.69, 9.17) is 0 Å². The van der Waals surface area contributed by atoms with E-state index in [1.54, 1.807) is 0 Å². The Hall–Kier alpha value is -3.19. The molecule has 2 aliphatic rings. The topological polar surface area (TPSA) is 17.1 Å². The van der Waals surface area contributed by atoms with E-state index >= 15 is 0 Å². The molecule has 2 aliphatic carbocycles. The van der Waals surface area contributed by atoms with E-state index < -0.39 is 0 Å². The number of ketones is 1. The predicted molar refractivity (Wildman–Crippen MR) is 182 cm³/mol. The van der Waals surface area contributed by atoms with Crippen LogP contribution in [0.2, 0.25) is 0 Å². The molecule has 0 aromatic carbocycles. The minimum Gasteiger partial charge on any atom is -0.299 e. The van der Waals surface area contributed by atoms with Gasteiger partial charge in [-0.1, -0.05) is 138 Å². The van der Waals surface area contributed by atoms with E-state index in [0.717, 1.165) is 12.0 Å². The van der Waals surface area contributed by atoms with Crippen LogP contribution in [-0.4, -0.2) is 5.78 Å². The predicted octanol–water partition coefficient (Wildman–Crippen LogP) is 11.6. The van der Waals surface area contributed by atoms with Crippen molar-refractivity contribution in [2.75, 3.05) is 0 Å². The number of Topliss-reactive ketones (excluding diaryl/α,β-unsaturated/α-hetero) is 1. The van der Waals surface area contributed by atoms with Gasteiger partial charge in [0.1, 0.15) is 5.78 Å². The summed E-state index contributed by atoms with van der Waals surface area (Å²) < 4.78 is 0. The average molecular weight is 551 g/mol. The molecule has 0 N–H and O–H groups in total. The van der Waals surface area contributed by atoms with Gasteiger partial charge in [0, 0.05) is 17.8 Å².